The lowest BCUT2D eigenvalue weighted by molar-refractivity contribution is 0.729. The van der Waals surface area contributed by atoms with E-state index in [2.05, 4.69) is 18.5 Å². The fourth-order valence-corrected chi connectivity index (χ4v) is 0.620. The molecule has 0 aromatic heterocycles. The Morgan fingerprint density at radius 2 is 2.22 bits per heavy atom. The number of hydrogen-bond acceptors (Lipinski definition) is 1. The summed E-state index contributed by atoms with van der Waals surface area (Å²) in [7, 11) is 0. The van der Waals surface area contributed by atoms with Crippen LogP contribution in [0.4, 0.5) is 0 Å². The molecule has 0 spiro atoms. The first kappa shape index (κ1) is 8.23. The highest BCUT2D eigenvalue weighted by Gasteiger charge is 1.78. The summed E-state index contributed by atoms with van der Waals surface area (Å²) in [6, 6.07) is 0. The van der Waals surface area contributed by atoms with Crippen molar-refractivity contribution in [3.8, 4) is 0 Å². The van der Waals surface area contributed by atoms with Crippen molar-refractivity contribution in [3.63, 3.8) is 0 Å². The van der Waals surface area contributed by atoms with Crippen LogP contribution in [0.1, 0.15) is 32.6 Å². The third-order valence-electron chi connectivity index (χ3n) is 1.13. The van der Waals surface area contributed by atoms with Gasteiger partial charge in [-0.15, -0.1) is 0 Å². The van der Waals surface area contributed by atoms with E-state index < -0.39 is 0 Å². The summed E-state index contributed by atoms with van der Waals surface area (Å²) in [6.45, 7) is 2.18. The van der Waals surface area contributed by atoms with Crippen molar-refractivity contribution in [2.75, 3.05) is 0 Å². The minimum Gasteiger partial charge on any atom is -0.251 e. The first-order valence-corrected chi connectivity index (χ1v) is 3.40. The van der Waals surface area contributed by atoms with Gasteiger partial charge >= 0.3 is 0 Å². The molecule has 0 amide bonds. The minimum atomic E-state index is 1.04. The van der Waals surface area contributed by atoms with Crippen LogP contribution in [0.5, 0.6) is 0 Å². The van der Waals surface area contributed by atoms with Gasteiger partial charge in [0.25, 0.3) is 0 Å². The smallest absolute Gasteiger partial charge is 0.0300 e. The Balaban J connectivity index is 3.09. The monoisotopic (exact) mass is 123 g/mol. The zero-order valence-electron chi connectivity index (χ0n) is 5.91. The topological polar surface area (TPSA) is 23.9 Å². The van der Waals surface area contributed by atoms with E-state index in [1.807, 2.05) is 6.08 Å². The van der Waals surface area contributed by atoms with Gasteiger partial charge in [-0.2, -0.15) is 0 Å². The maximum Gasteiger partial charge on any atom is 0.0300 e. The first-order chi connectivity index (χ1) is 4.41. The van der Waals surface area contributed by atoms with Gasteiger partial charge in [-0.3, -0.25) is 5.41 Å². The minimum absolute atomic E-state index is 1.04. The molecule has 0 saturated heterocycles. The average Bonchev–Trinajstić information content (AvgIpc) is 1.89. The molecule has 0 radical (unpaired) electrons. The molecule has 0 atom stereocenters. The van der Waals surface area contributed by atoms with Gasteiger partial charge in [-0.25, -0.2) is 0 Å². The van der Waals surface area contributed by atoms with Crippen molar-refractivity contribution in [3.05, 3.63) is 11.8 Å². The van der Waals surface area contributed by atoms with Gasteiger partial charge in [0.05, 0.1) is 0 Å². The van der Waals surface area contributed by atoms with E-state index in [0.29, 0.717) is 0 Å². The Hall–Kier alpha value is -0.770. The van der Waals surface area contributed by atoms with Gasteiger partial charge in [0.15, 0.2) is 0 Å². The lowest BCUT2D eigenvalue weighted by atomic mass is 10.2. The number of rotatable bonds is 4. The molecule has 1 heteroatoms. The predicted octanol–water partition coefficient (Wildman–Crippen LogP) is 2.53. The Kier molecular flexibility index (Phi) is 6.61. The highest BCUT2D eigenvalue weighted by molar-refractivity contribution is 5.45. The standard InChI is InChI=1S/C8H13N/c1-2-3-4-5-6-7-8-9/h6,9H,2-5H2,1H3. The summed E-state index contributed by atoms with van der Waals surface area (Å²) in [6.07, 6.45) is 6.64. The number of allylic oxidation sites excluding steroid dienone is 1. The quantitative estimate of drug-likeness (QED) is 0.337. The summed E-state index contributed by atoms with van der Waals surface area (Å²) >= 11 is 0. The summed E-state index contributed by atoms with van der Waals surface area (Å²) < 4.78 is 0. The molecule has 9 heavy (non-hydrogen) atoms. The molecule has 0 aromatic carbocycles. The summed E-state index contributed by atoms with van der Waals surface area (Å²) in [4.78, 5) is 0. The fraction of sp³-hybridized carbons (Fsp3) is 0.625. The van der Waals surface area contributed by atoms with E-state index in [-0.39, 0.29) is 0 Å². The van der Waals surface area contributed by atoms with Gasteiger partial charge < -0.3 is 0 Å². The van der Waals surface area contributed by atoms with Crippen molar-refractivity contribution >= 4 is 5.87 Å². The molecule has 0 bridgehead atoms. The molecular weight excluding hydrogens is 110 g/mol. The van der Waals surface area contributed by atoms with Gasteiger partial charge in [0, 0.05) is 5.87 Å². The van der Waals surface area contributed by atoms with Gasteiger partial charge in [0.1, 0.15) is 0 Å². The fourth-order valence-electron chi connectivity index (χ4n) is 0.620. The lowest BCUT2D eigenvalue weighted by Crippen LogP contribution is -1.68. The van der Waals surface area contributed by atoms with Crippen LogP contribution >= 0.6 is 0 Å². The Bertz CT molecular complexity index is 126. The van der Waals surface area contributed by atoms with Gasteiger partial charge in [-0.05, 0) is 18.9 Å². The van der Waals surface area contributed by atoms with Gasteiger partial charge in [0.2, 0.25) is 0 Å². The highest BCUT2D eigenvalue weighted by Crippen LogP contribution is 1.97. The molecule has 0 heterocycles. The maximum absolute atomic E-state index is 6.49. The summed E-state index contributed by atoms with van der Waals surface area (Å²) in [5.74, 6) is 2.09. The van der Waals surface area contributed by atoms with E-state index in [1.54, 1.807) is 0 Å². The second-order valence-corrected chi connectivity index (χ2v) is 1.97. The molecule has 0 rings (SSSR count). The molecular formula is C8H13N. The second kappa shape index (κ2) is 7.23. The van der Waals surface area contributed by atoms with Crippen molar-refractivity contribution in [2.45, 2.75) is 32.6 Å². The van der Waals surface area contributed by atoms with Crippen LogP contribution in [0.2, 0.25) is 0 Å². The number of unbranched alkanes of at least 4 members (excludes halogenated alkanes) is 3. The van der Waals surface area contributed by atoms with Crippen molar-refractivity contribution < 1.29 is 0 Å². The zero-order chi connectivity index (χ0) is 6.95. The number of hydrogen-bond donors (Lipinski definition) is 1. The van der Waals surface area contributed by atoms with Gasteiger partial charge in [-0.1, -0.05) is 25.5 Å². The van der Waals surface area contributed by atoms with Crippen molar-refractivity contribution in [1.82, 2.24) is 0 Å². The molecule has 0 unspecified atom stereocenters. The Morgan fingerprint density at radius 3 is 2.78 bits per heavy atom. The molecule has 0 aliphatic rings. The molecule has 1 N–H and O–H groups in total. The van der Waals surface area contributed by atoms with Crippen LogP contribution in [-0.4, -0.2) is 5.87 Å². The molecule has 0 saturated carbocycles. The maximum atomic E-state index is 6.49. The molecule has 0 fully saturated rings. The number of nitrogens with one attached hydrogen (secondary N) is 1. The summed E-state index contributed by atoms with van der Waals surface area (Å²) in [5.41, 5.74) is 2.60. The largest absolute Gasteiger partial charge is 0.251 e. The van der Waals surface area contributed by atoms with E-state index in [0.717, 1.165) is 6.42 Å². The van der Waals surface area contributed by atoms with Crippen LogP contribution in [0.25, 0.3) is 0 Å². The molecule has 1 nitrogen and oxygen atoms in total. The normalized spacial score (nSPS) is 7.67. The average molecular weight is 123 g/mol. The Morgan fingerprint density at radius 1 is 1.44 bits per heavy atom. The lowest BCUT2D eigenvalue weighted by Gasteiger charge is -1.87. The van der Waals surface area contributed by atoms with E-state index in [9.17, 15) is 0 Å². The molecule has 0 aliphatic carbocycles. The third-order valence-corrected chi connectivity index (χ3v) is 1.13. The van der Waals surface area contributed by atoms with E-state index >= 15 is 0 Å². The van der Waals surface area contributed by atoms with Crippen LogP contribution in [0.3, 0.4) is 0 Å². The molecule has 50 valence electrons. The predicted molar refractivity (Wildman–Crippen MR) is 40.0 cm³/mol. The zero-order valence-corrected chi connectivity index (χ0v) is 5.91. The first-order valence-electron chi connectivity index (χ1n) is 3.40. The molecule has 0 aliphatic heterocycles. The van der Waals surface area contributed by atoms with Crippen molar-refractivity contribution in [1.29, 1.82) is 5.41 Å². The Labute approximate surface area is 56.6 Å². The second-order valence-electron chi connectivity index (χ2n) is 1.97. The highest BCUT2D eigenvalue weighted by atomic mass is 14.3. The third kappa shape index (κ3) is 7.23. The van der Waals surface area contributed by atoms with Crippen LogP contribution < -0.4 is 0 Å². The van der Waals surface area contributed by atoms with Crippen LogP contribution in [-0.2, 0) is 0 Å². The van der Waals surface area contributed by atoms with Crippen LogP contribution in [0, 0.1) is 5.41 Å². The molecule has 0 aromatic rings. The van der Waals surface area contributed by atoms with E-state index in [1.165, 1.54) is 19.3 Å². The van der Waals surface area contributed by atoms with Crippen molar-refractivity contribution in [2.24, 2.45) is 0 Å². The SMILES string of the molecule is CCCCCC=C=C=N. The van der Waals surface area contributed by atoms with Crippen LogP contribution in [0.15, 0.2) is 11.8 Å². The summed E-state index contributed by atoms with van der Waals surface area (Å²) in [5, 5.41) is 6.49. The van der Waals surface area contributed by atoms with E-state index in [4.69, 9.17) is 5.41 Å².